The molecule has 13 heteroatoms. The van der Waals surface area contributed by atoms with E-state index in [0.717, 1.165) is 18.4 Å². The van der Waals surface area contributed by atoms with E-state index < -0.39 is 68.8 Å². The molecule has 4 rings (SSSR count). The SMILES string of the molecule is CCCN1CC2CC(NS(C)(=O)=O)c3c(C(=O)NCc4ccc(F)cc4F)c(=O)c(O)c(n32)C1=O. The topological polar surface area (TPSA) is 138 Å². The molecule has 35 heavy (non-hydrogen) atoms. The van der Waals surface area contributed by atoms with Crippen LogP contribution in [0.25, 0.3) is 0 Å². The Balaban J connectivity index is 1.81. The number of hydrogen-bond acceptors (Lipinski definition) is 6. The van der Waals surface area contributed by atoms with Crippen LogP contribution >= 0.6 is 0 Å². The number of hydrogen-bond donors (Lipinski definition) is 3. The van der Waals surface area contributed by atoms with Gasteiger partial charge in [-0.3, -0.25) is 14.4 Å². The highest BCUT2D eigenvalue weighted by Crippen LogP contribution is 2.42. The van der Waals surface area contributed by atoms with Crippen LogP contribution in [0.15, 0.2) is 23.0 Å². The Morgan fingerprint density at radius 3 is 2.60 bits per heavy atom. The molecule has 2 unspecified atom stereocenters. The lowest BCUT2D eigenvalue weighted by atomic mass is 10.0. The second-order valence-electron chi connectivity index (χ2n) is 8.66. The molecule has 3 heterocycles. The van der Waals surface area contributed by atoms with Crippen LogP contribution in [0.3, 0.4) is 0 Å². The maximum atomic E-state index is 14.0. The first kappa shape index (κ1) is 24.8. The minimum absolute atomic E-state index is 0.0419. The first-order valence-electron chi connectivity index (χ1n) is 10.9. The standard InChI is InChI=1S/C22H24F2N4O6S/c1-3-6-27-10-13-8-15(26-35(2,33)34)17-16(19(29)20(30)18(22(27)32)28(13)17)21(31)25-9-11-4-5-12(23)7-14(11)24/h4-5,7,13,15,26,30H,3,6,8-10H2,1-2H3,(H,25,31). The minimum Gasteiger partial charge on any atom is -0.503 e. The summed E-state index contributed by atoms with van der Waals surface area (Å²) in [6, 6.07) is 1.28. The lowest BCUT2D eigenvalue weighted by Gasteiger charge is -2.34. The molecule has 2 aliphatic heterocycles. The van der Waals surface area contributed by atoms with Gasteiger partial charge in [0, 0.05) is 31.3 Å². The highest BCUT2D eigenvalue weighted by Gasteiger charge is 2.45. The number of aromatic nitrogens is 1. The van der Waals surface area contributed by atoms with E-state index in [-0.39, 0.29) is 29.9 Å². The van der Waals surface area contributed by atoms with E-state index >= 15 is 0 Å². The van der Waals surface area contributed by atoms with Gasteiger partial charge in [-0.05, 0) is 18.9 Å². The van der Waals surface area contributed by atoms with E-state index in [4.69, 9.17) is 0 Å². The molecule has 2 atom stereocenters. The maximum Gasteiger partial charge on any atom is 0.274 e. The first-order chi connectivity index (χ1) is 16.4. The van der Waals surface area contributed by atoms with Gasteiger partial charge in [0.25, 0.3) is 11.8 Å². The first-order valence-corrected chi connectivity index (χ1v) is 12.8. The Morgan fingerprint density at radius 1 is 1.26 bits per heavy atom. The van der Waals surface area contributed by atoms with Crippen molar-refractivity contribution in [2.24, 2.45) is 0 Å². The van der Waals surface area contributed by atoms with Crippen molar-refractivity contribution in [1.82, 2.24) is 19.5 Å². The summed E-state index contributed by atoms with van der Waals surface area (Å²) in [5.74, 6) is -4.21. The molecule has 0 saturated heterocycles. The summed E-state index contributed by atoms with van der Waals surface area (Å²) < 4.78 is 55.0. The molecule has 1 aromatic heterocycles. The molecule has 0 fully saturated rings. The summed E-state index contributed by atoms with van der Waals surface area (Å²) >= 11 is 0. The number of carbonyl (C=O) groups excluding carboxylic acids is 2. The van der Waals surface area contributed by atoms with Gasteiger partial charge in [-0.2, -0.15) is 0 Å². The average molecular weight is 511 g/mol. The van der Waals surface area contributed by atoms with Crippen molar-refractivity contribution in [2.45, 2.75) is 38.4 Å². The molecule has 0 radical (unpaired) electrons. The molecule has 188 valence electrons. The summed E-state index contributed by atoms with van der Waals surface area (Å²) in [5.41, 5.74) is -2.08. The summed E-state index contributed by atoms with van der Waals surface area (Å²) in [5, 5.41) is 13.0. The number of nitrogens with zero attached hydrogens (tertiary/aromatic N) is 2. The van der Waals surface area contributed by atoms with E-state index in [0.29, 0.717) is 19.0 Å². The van der Waals surface area contributed by atoms with E-state index in [9.17, 15) is 36.7 Å². The molecule has 0 bridgehead atoms. The van der Waals surface area contributed by atoms with E-state index in [2.05, 4.69) is 10.0 Å². The number of nitrogens with one attached hydrogen (secondary N) is 2. The van der Waals surface area contributed by atoms with Gasteiger partial charge in [0.2, 0.25) is 15.5 Å². The highest BCUT2D eigenvalue weighted by atomic mass is 32.2. The van der Waals surface area contributed by atoms with Crippen LogP contribution in [-0.4, -0.2) is 54.2 Å². The maximum absolute atomic E-state index is 14.0. The molecule has 3 N–H and O–H groups in total. The van der Waals surface area contributed by atoms with Crippen molar-refractivity contribution in [3.8, 4) is 5.75 Å². The summed E-state index contributed by atoms with van der Waals surface area (Å²) in [6.07, 6.45) is 1.69. The number of carbonyl (C=O) groups is 2. The van der Waals surface area contributed by atoms with Crippen LogP contribution in [0.5, 0.6) is 5.75 Å². The van der Waals surface area contributed by atoms with Crippen molar-refractivity contribution in [3.05, 3.63) is 62.6 Å². The number of sulfonamides is 1. The lowest BCUT2D eigenvalue weighted by molar-refractivity contribution is 0.0664. The fraction of sp³-hybridized carbons (Fsp3) is 0.409. The van der Waals surface area contributed by atoms with Crippen LogP contribution < -0.4 is 15.5 Å². The van der Waals surface area contributed by atoms with Crippen molar-refractivity contribution < 1.29 is 31.9 Å². The van der Waals surface area contributed by atoms with Crippen LogP contribution in [0.2, 0.25) is 0 Å². The largest absolute Gasteiger partial charge is 0.503 e. The van der Waals surface area contributed by atoms with Gasteiger partial charge in [0.15, 0.2) is 11.4 Å². The highest BCUT2D eigenvalue weighted by molar-refractivity contribution is 7.88. The number of halogens is 2. The fourth-order valence-corrected chi connectivity index (χ4v) is 5.45. The number of pyridine rings is 1. The molecule has 0 aliphatic carbocycles. The van der Waals surface area contributed by atoms with E-state index in [1.807, 2.05) is 6.92 Å². The van der Waals surface area contributed by atoms with Crippen molar-refractivity contribution in [1.29, 1.82) is 0 Å². The molecular formula is C22H24F2N4O6S. The molecule has 10 nitrogen and oxygen atoms in total. The summed E-state index contributed by atoms with van der Waals surface area (Å²) in [7, 11) is -3.79. The van der Waals surface area contributed by atoms with Crippen molar-refractivity contribution in [2.75, 3.05) is 19.3 Å². The fourth-order valence-electron chi connectivity index (χ4n) is 4.73. The molecule has 2 amide bonds. The van der Waals surface area contributed by atoms with Crippen molar-refractivity contribution in [3.63, 3.8) is 0 Å². The minimum atomic E-state index is -3.79. The third-order valence-corrected chi connectivity index (χ3v) is 6.79. The predicted molar refractivity (Wildman–Crippen MR) is 120 cm³/mol. The lowest BCUT2D eigenvalue weighted by Crippen LogP contribution is -2.44. The van der Waals surface area contributed by atoms with Crippen LogP contribution in [0.4, 0.5) is 8.78 Å². The summed E-state index contributed by atoms with van der Waals surface area (Å²) in [4.78, 5) is 40.8. The van der Waals surface area contributed by atoms with Gasteiger partial charge in [0.1, 0.15) is 17.2 Å². The number of rotatable bonds is 7. The molecular weight excluding hydrogens is 486 g/mol. The van der Waals surface area contributed by atoms with E-state index in [1.165, 1.54) is 9.47 Å². The van der Waals surface area contributed by atoms with Gasteiger partial charge < -0.3 is 19.9 Å². The van der Waals surface area contributed by atoms with Crippen LogP contribution in [0, 0.1) is 11.6 Å². The van der Waals surface area contributed by atoms with Gasteiger partial charge in [-0.1, -0.05) is 13.0 Å². The molecule has 1 aromatic carbocycles. The smallest absolute Gasteiger partial charge is 0.274 e. The summed E-state index contributed by atoms with van der Waals surface area (Å²) in [6.45, 7) is 2.04. The van der Waals surface area contributed by atoms with Gasteiger partial charge in [-0.25, -0.2) is 21.9 Å². The predicted octanol–water partition coefficient (Wildman–Crippen LogP) is 1.16. The third-order valence-electron chi connectivity index (χ3n) is 6.08. The monoisotopic (exact) mass is 510 g/mol. The third kappa shape index (κ3) is 4.52. The van der Waals surface area contributed by atoms with E-state index in [1.54, 1.807) is 0 Å². The van der Waals surface area contributed by atoms with Crippen LogP contribution in [0.1, 0.15) is 64.0 Å². The zero-order valence-corrected chi connectivity index (χ0v) is 19.8. The van der Waals surface area contributed by atoms with Crippen LogP contribution in [-0.2, 0) is 16.6 Å². The van der Waals surface area contributed by atoms with Gasteiger partial charge in [0.05, 0.1) is 24.0 Å². The molecule has 0 saturated carbocycles. The van der Waals surface area contributed by atoms with Gasteiger partial charge in [-0.15, -0.1) is 0 Å². The molecule has 2 aliphatic rings. The zero-order chi connectivity index (χ0) is 25.7. The normalized spacial score (nSPS) is 19.1. The number of amides is 2. The Bertz CT molecular complexity index is 1390. The second-order valence-corrected chi connectivity index (χ2v) is 10.4. The number of benzene rings is 1. The zero-order valence-electron chi connectivity index (χ0n) is 19.0. The quantitative estimate of drug-likeness (QED) is 0.511. The average Bonchev–Trinajstić information content (AvgIpc) is 3.09. The molecule has 0 spiro atoms. The second kappa shape index (κ2) is 9.04. The molecule has 2 aromatic rings. The Hall–Kier alpha value is -3.32. The Morgan fingerprint density at radius 2 is 1.97 bits per heavy atom. The number of aromatic hydroxyl groups is 1. The van der Waals surface area contributed by atoms with Crippen molar-refractivity contribution >= 4 is 21.8 Å². The Labute approximate surface area is 199 Å². The van der Waals surface area contributed by atoms with Gasteiger partial charge >= 0.3 is 0 Å². The Kier molecular flexibility index (Phi) is 6.40.